The number of nitrogens with one attached hydrogen (secondary N) is 1. The fourth-order valence-electron chi connectivity index (χ4n) is 3.83. The molecule has 2 aliphatic carbocycles. The van der Waals surface area contributed by atoms with Crippen molar-refractivity contribution in [1.29, 1.82) is 0 Å². The molecule has 0 aromatic heterocycles. The minimum Gasteiger partial charge on any atom is -0.310 e. The standard InChI is InChI=1S/C18H27N/c1-2-8-15(9-3-1)14-19-18-13-7-5-11-16-10-4-6-12-17(16)18/h4,6,10,12,15,18-19H,1-3,5,7-9,11,13-14H2. The molecule has 0 radical (unpaired) electrons. The van der Waals surface area contributed by atoms with Crippen LogP contribution in [0.5, 0.6) is 0 Å². The predicted octanol–water partition coefficient (Wildman–Crippen LogP) is 4.62. The van der Waals surface area contributed by atoms with Gasteiger partial charge in [-0.15, -0.1) is 0 Å². The Hall–Kier alpha value is -0.820. The molecule has 1 fully saturated rings. The third kappa shape index (κ3) is 3.39. The van der Waals surface area contributed by atoms with E-state index < -0.39 is 0 Å². The molecule has 0 amide bonds. The molecule has 1 aromatic rings. The summed E-state index contributed by atoms with van der Waals surface area (Å²) >= 11 is 0. The molecule has 0 saturated heterocycles. The zero-order valence-electron chi connectivity index (χ0n) is 12.0. The zero-order chi connectivity index (χ0) is 12.9. The first-order valence-corrected chi connectivity index (χ1v) is 8.24. The lowest BCUT2D eigenvalue weighted by molar-refractivity contribution is 0.323. The summed E-state index contributed by atoms with van der Waals surface area (Å²) in [7, 11) is 0. The number of aryl methyl sites for hydroxylation is 1. The van der Waals surface area contributed by atoms with E-state index in [-0.39, 0.29) is 0 Å². The number of rotatable bonds is 3. The minimum atomic E-state index is 0.612. The van der Waals surface area contributed by atoms with Crippen LogP contribution >= 0.6 is 0 Å². The average Bonchev–Trinajstić information content (AvgIpc) is 2.68. The third-order valence-corrected chi connectivity index (χ3v) is 5.00. The van der Waals surface area contributed by atoms with Crippen LogP contribution in [0.3, 0.4) is 0 Å². The number of hydrogen-bond acceptors (Lipinski definition) is 1. The fraction of sp³-hybridized carbons (Fsp3) is 0.667. The molecule has 0 spiro atoms. The van der Waals surface area contributed by atoms with Crippen LogP contribution in [0.4, 0.5) is 0 Å². The Morgan fingerprint density at radius 3 is 2.58 bits per heavy atom. The van der Waals surface area contributed by atoms with Crippen LogP contribution in [-0.2, 0) is 6.42 Å². The van der Waals surface area contributed by atoms with Crippen LogP contribution in [0, 0.1) is 5.92 Å². The van der Waals surface area contributed by atoms with Gasteiger partial charge in [0, 0.05) is 6.04 Å². The van der Waals surface area contributed by atoms with Crippen molar-refractivity contribution in [1.82, 2.24) is 5.32 Å². The van der Waals surface area contributed by atoms with Crippen LogP contribution in [0.15, 0.2) is 24.3 Å². The average molecular weight is 257 g/mol. The Balaban J connectivity index is 1.63. The van der Waals surface area contributed by atoms with Crippen LogP contribution in [0.25, 0.3) is 0 Å². The van der Waals surface area contributed by atoms with Crippen LogP contribution < -0.4 is 5.32 Å². The Morgan fingerprint density at radius 1 is 0.895 bits per heavy atom. The summed E-state index contributed by atoms with van der Waals surface area (Å²) in [4.78, 5) is 0. The van der Waals surface area contributed by atoms with Crippen molar-refractivity contribution >= 4 is 0 Å². The van der Waals surface area contributed by atoms with Gasteiger partial charge in [0.25, 0.3) is 0 Å². The van der Waals surface area contributed by atoms with Crippen molar-refractivity contribution in [2.24, 2.45) is 5.92 Å². The van der Waals surface area contributed by atoms with Crippen LogP contribution in [0.1, 0.15) is 68.5 Å². The van der Waals surface area contributed by atoms with E-state index in [1.807, 2.05) is 0 Å². The second-order valence-corrected chi connectivity index (χ2v) is 6.41. The summed E-state index contributed by atoms with van der Waals surface area (Å²) in [6.45, 7) is 1.24. The number of fused-ring (bicyclic) bond motifs is 1. The molecule has 1 heteroatoms. The molecular weight excluding hydrogens is 230 g/mol. The quantitative estimate of drug-likeness (QED) is 0.779. The predicted molar refractivity (Wildman–Crippen MR) is 81.3 cm³/mol. The number of hydrogen-bond donors (Lipinski definition) is 1. The maximum Gasteiger partial charge on any atom is 0.0323 e. The van der Waals surface area contributed by atoms with Crippen molar-refractivity contribution in [2.45, 2.75) is 63.8 Å². The Morgan fingerprint density at radius 2 is 1.68 bits per heavy atom. The highest BCUT2D eigenvalue weighted by Crippen LogP contribution is 2.29. The second-order valence-electron chi connectivity index (χ2n) is 6.41. The van der Waals surface area contributed by atoms with E-state index in [4.69, 9.17) is 0 Å². The molecule has 1 unspecified atom stereocenters. The molecule has 1 atom stereocenters. The lowest BCUT2D eigenvalue weighted by atomic mass is 9.88. The smallest absolute Gasteiger partial charge is 0.0323 e. The summed E-state index contributed by atoms with van der Waals surface area (Å²) in [6.07, 6.45) is 12.6. The highest BCUT2D eigenvalue weighted by molar-refractivity contribution is 5.31. The first kappa shape index (κ1) is 13.2. The topological polar surface area (TPSA) is 12.0 Å². The normalized spacial score (nSPS) is 24.7. The van der Waals surface area contributed by atoms with Gasteiger partial charge in [-0.1, -0.05) is 49.9 Å². The molecule has 1 aromatic carbocycles. The van der Waals surface area contributed by atoms with Crippen LogP contribution in [-0.4, -0.2) is 6.54 Å². The van der Waals surface area contributed by atoms with Gasteiger partial charge in [0.15, 0.2) is 0 Å². The van der Waals surface area contributed by atoms with Crippen molar-refractivity contribution in [2.75, 3.05) is 6.54 Å². The largest absolute Gasteiger partial charge is 0.310 e. The maximum atomic E-state index is 3.89. The van der Waals surface area contributed by atoms with E-state index in [2.05, 4.69) is 29.6 Å². The van der Waals surface area contributed by atoms with Gasteiger partial charge in [-0.05, 0) is 55.7 Å². The molecule has 19 heavy (non-hydrogen) atoms. The van der Waals surface area contributed by atoms with Gasteiger partial charge < -0.3 is 5.32 Å². The summed E-state index contributed by atoms with van der Waals surface area (Å²) in [5, 5.41) is 3.89. The summed E-state index contributed by atoms with van der Waals surface area (Å²) in [6, 6.07) is 9.69. The highest BCUT2D eigenvalue weighted by Gasteiger charge is 2.20. The molecule has 1 N–H and O–H groups in total. The summed E-state index contributed by atoms with van der Waals surface area (Å²) in [5.74, 6) is 0.934. The first-order chi connectivity index (χ1) is 9.43. The molecule has 3 rings (SSSR count). The summed E-state index contributed by atoms with van der Waals surface area (Å²) < 4.78 is 0. The van der Waals surface area contributed by atoms with E-state index in [1.165, 1.54) is 64.3 Å². The lowest BCUT2D eigenvalue weighted by Crippen LogP contribution is -2.28. The lowest BCUT2D eigenvalue weighted by Gasteiger charge is -2.26. The van der Waals surface area contributed by atoms with E-state index in [1.54, 1.807) is 11.1 Å². The van der Waals surface area contributed by atoms with Gasteiger partial charge in [0.2, 0.25) is 0 Å². The fourth-order valence-corrected chi connectivity index (χ4v) is 3.83. The van der Waals surface area contributed by atoms with Crippen molar-refractivity contribution in [3.8, 4) is 0 Å². The van der Waals surface area contributed by atoms with Crippen molar-refractivity contribution in [3.63, 3.8) is 0 Å². The Kier molecular flexibility index (Phi) is 4.55. The molecule has 2 aliphatic rings. The highest BCUT2D eigenvalue weighted by atomic mass is 14.9. The zero-order valence-corrected chi connectivity index (χ0v) is 12.0. The monoisotopic (exact) mass is 257 g/mol. The first-order valence-electron chi connectivity index (χ1n) is 8.24. The molecule has 0 heterocycles. The minimum absolute atomic E-state index is 0.612. The second kappa shape index (κ2) is 6.56. The summed E-state index contributed by atoms with van der Waals surface area (Å²) in [5.41, 5.74) is 3.16. The van der Waals surface area contributed by atoms with E-state index in [0.717, 1.165) is 5.92 Å². The maximum absolute atomic E-state index is 3.89. The van der Waals surface area contributed by atoms with Crippen molar-refractivity contribution in [3.05, 3.63) is 35.4 Å². The molecule has 1 nitrogen and oxygen atoms in total. The van der Waals surface area contributed by atoms with Gasteiger partial charge in [0.1, 0.15) is 0 Å². The Labute approximate surface area is 117 Å². The molecule has 104 valence electrons. The van der Waals surface area contributed by atoms with Gasteiger partial charge in [-0.25, -0.2) is 0 Å². The molecule has 1 saturated carbocycles. The van der Waals surface area contributed by atoms with Crippen LogP contribution in [0.2, 0.25) is 0 Å². The number of benzene rings is 1. The van der Waals surface area contributed by atoms with E-state index in [0.29, 0.717) is 6.04 Å². The van der Waals surface area contributed by atoms with E-state index in [9.17, 15) is 0 Å². The van der Waals surface area contributed by atoms with Crippen molar-refractivity contribution < 1.29 is 0 Å². The third-order valence-electron chi connectivity index (χ3n) is 5.00. The SMILES string of the molecule is c1ccc2c(c1)CCCCC2NCC1CCCCC1. The van der Waals surface area contributed by atoms with Gasteiger partial charge in [0.05, 0.1) is 0 Å². The molecule has 0 bridgehead atoms. The van der Waals surface area contributed by atoms with Gasteiger partial charge in [-0.3, -0.25) is 0 Å². The van der Waals surface area contributed by atoms with Gasteiger partial charge >= 0.3 is 0 Å². The molecular formula is C18H27N. The molecule has 0 aliphatic heterocycles. The van der Waals surface area contributed by atoms with E-state index >= 15 is 0 Å². The van der Waals surface area contributed by atoms with Gasteiger partial charge in [-0.2, -0.15) is 0 Å². The Bertz CT molecular complexity index is 392.